The predicted octanol–water partition coefficient (Wildman–Crippen LogP) is 3.36. The lowest BCUT2D eigenvalue weighted by molar-refractivity contribution is -0.119. The summed E-state index contributed by atoms with van der Waals surface area (Å²) in [4.78, 5) is 11.8. The van der Waals surface area contributed by atoms with Crippen molar-refractivity contribution in [2.24, 2.45) is 22.7 Å². The molecular weight excluding hydrogens is 210 g/mol. The monoisotopic (exact) mass is 237 g/mol. The summed E-state index contributed by atoms with van der Waals surface area (Å²) < 4.78 is 0. The van der Waals surface area contributed by atoms with Crippen molar-refractivity contribution in [1.29, 1.82) is 0 Å². The van der Waals surface area contributed by atoms with Gasteiger partial charge in [0, 0.05) is 17.9 Å². The van der Waals surface area contributed by atoms with E-state index in [2.05, 4.69) is 39.9 Å². The molecule has 17 heavy (non-hydrogen) atoms. The van der Waals surface area contributed by atoms with Crippen LogP contribution in [0, 0.1) is 22.7 Å². The molecule has 1 spiro atoms. The van der Waals surface area contributed by atoms with Crippen molar-refractivity contribution >= 4 is 5.91 Å². The van der Waals surface area contributed by atoms with Gasteiger partial charge in [-0.15, -0.1) is 0 Å². The predicted molar refractivity (Wildman–Crippen MR) is 70.6 cm³/mol. The van der Waals surface area contributed by atoms with Gasteiger partial charge in [-0.25, -0.2) is 0 Å². The summed E-state index contributed by atoms with van der Waals surface area (Å²) in [5.41, 5.74) is 0.645. The number of carbonyl (C=O) groups is 1. The molecule has 1 saturated heterocycles. The first-order valence-electron chi connectivity index (χ1n) is 7.04. The Hall–Kier alpha value is -0.530. The minimum absolute atomic E-state index is 0.241. The van der Waals surface area contributed by atoms with Gasteiger partial charge in [-0.3, -0.25) is 4.79 Å². The minimum atomic E-state index is 0.241. The van der Waals surface area contributed by atoms with Gasteiger partial charge in [0.2, 0.25) is 5.91 Å². The maximum atomic E-state index is 11.8. The van der Waals surface area contributed by atoms with Gasteiger partial charge < -0.3 is 5.32 Å². The second kappa shape index (κ2) is 4.00. The molecule has 1 aliphatic heterocycles. The third kappa shape index (κ3) is 2.23. The van der Waals surface area contributed by atoms with Crippen molar-refractivity contribution in [2.45, 2.75) is 66.3 Å². The molecule has 2 rings (SSSR count). The molecule has 1 aliphatic carbocycles. The molecule has 2 aliphatic rings. The molecule has 1 heterocycles. The van der Waals surface area contributed by atoms with Crippen LogP contribution >= 0.6 is 0 Å². The van der Waals surface area contributed by atoms with Gasteiger partial charge in [0.25, 0.3) is 0 Å². The van der Waals surface area contributed by atoms with E-state index >= 15 is 0 Å². The number of carbonyl (C=O) groups excluding carboxylic acids is 1. The van der Waals surface area contributed by atoms with Gasteiger partial charge in [0.15, 0.2) is 0 Å². The molecule has 0 bridgehead atoms. The molecule has 3 atom stereocenters. The molecule has 0 aromatic rings. The van der Waals surface area contributed by atoms with Crippen molar-refractivity contribution in [3.8, 4) is 0 Å². The van der Waals surface area contributed by atoms with Crippen LogP contribution in [0.5, 0.6) is 0 Å². The van der Waals surface area contributed by atoms with Crippen LogP contribution in [0.1, 0.15) is 60.3 Å². The van der Waals surface area contributed by atoms with E-state index in [0.717, 1.165) is 12.8 Å². The third-order valence-electron chi connectivity index (χ3n) is 4.87. The zero-order valence-corrected chi connectivity index (χ0v) is 12.0. The maximum Gasteiger partial charge on any atom is 0.220 e. The van der Waals surface area contributed by atoms with E-state index in [9.17, 15) is 4.79 Å². The van der Waals surface area contributed by atoms with Crippen LogP contribution in [0.2, 0.25) is 0 Å². The first kappa shape index (κ1) is 12.9. The topological polar surface area (TPSA) is 29.1 Å². The molecule has 1 saturated carbocycles. The maximum absolute atomic E-state index is 11.8. The Morgan fingerprint density at radius 3 is 2.53 bits per heavy atom. The molecular formula is C15H27NO. The average Bonchev–Trinajstić information content (AvgIpc) is 2.51. The number of rotatable bonds is 2. The molecule has 1 N–H and O–H groups in total. The van der Waals surface area contributed by atoms with Gasteiger partial charge >= 0.3 is 0 Å². The summed E-state index contributed by atoms with van der Waals surface area (Å²) in [5, 5.41) is 3.25. The zero-order valence-electron chi connectivity index (χ0n) is 12.0. The molecule has 98 valence electrons. The Morgan fingerprint density at radius 2 is 2.06 bits per heavy atom. The summed E-state index contributed by atoms with van der Waals surface area (Å²) in [7, 11) is 0. The summed E-state index contributed by atoms with van der Waals surface area (Å²) in [6, 6.07) is 0.409. The fourth-order valence-corrected chi connectivity index (χ4v) is 4.45. The quantitative estimate of drug-likeness (QED) is 0.784. The van der Waals surface area contributed by atoms with Gasteiger partial charge in [-0.2, -0.15) is 0 Å². The highest BCUT2D eigenvalue weighted by atomic mass is 16.2. The first-order valence-corrected chi connectivity index (χ1v) is 7.04. The van der Waals surface area contributed by atoms with Crippen LogP contribution in [-0.4, -0.2) is 11.9 Å². The van der Waals surface area contributed by atoms with Crippen molar-refractivity contribution in [3.63, 3.8) is 0 Å². The first-order chi connectivity index (χ1) is 7.75. The highest BCUT2D eigenvalue weighted by molar-refractivity contribution is 5.80. The standard InChI is InChI=1S/C15H27NO/c1-10(2)6-12-15(8-13(17)16-12)9-14(4,5)7-11(15)3/h10-12H,6-9H2,1-5H3,(H,16,17). The van der Waals surface area contributed by atoms with E-state index < -0.39 is 0 Å². The van der Waals surface area contributed by atoms with Gasteiger partial charge in [0.1, 0.15) is 0 Å². The highest BCUT2D eigenvalue weighted by Crippen LogP contribution is 2.58. The summed E-state index contributed by atoms with van der Waals surface area (Å²) in [6.45, 7) is 11.6. The van der Waals surface area contributed by atoms with Crippen molar-refractivity contribution in [2.75, 3.05) is 0 Å². The smallest absolute Gasteiger partial charge is 0.220 e. The fraction of sp³-hybridized carbons (Fsp3) is 0.933. The van der Waals surface area contributed by atoms with Crippen molar-refractivity contribution < 1.29 is 4.79 Å². The van der Waals surface area contributed by atoms with Crippen LogP contribution < -0.4 is 5.32 Å². The van der Waals surface area contributed by atoms with Gasteiger partial charge in [0.05, 0.1) is 0 Å². The van der Waals surface area contributed by atoms with E-state index in [1.807, 2.05) is 0 Å². The largest absolute Gasteiger partial charge is 0.353 e. The Kier molecular flexibility index (Phi) is 3.04. The van der Waals surface area contributed by atoms with E-state index in [1.54, 1.807) is 0 Å². The Morgan fingerprint density at radius 1 is 1.41 bits per heavy atom. The molecule has 2 heteroatoms. The molecule has 2 nitrogen and oxygen atoms in total. The van der Waals surface area contributed by atoms with Crippen LogP contribution in [0.15, 0.2) is 0 Å². The third-order valence-corrected chi connectivity index (χ3v) is 4.87. The second-order valence-electron chi connectivity index (χ2n) is 7.61. The normalized spacial score (nSPS) is 40.2. The van der Waals surface area contributed by atoms with Crippen molar-refractivity contribution in [3.05, 3.63) is 0 Å². The Bertz CT molecular complexity index is 321. The zero-order chi connectivity index (χ0) is 12.8. The minimum Gasteiger partial charge on any atom is -0.353 e. The molecule has 0 radical (unpaired) electrons. The number of amides is 1. The Balaban J connectivity index is 2.25. The number of hydrogen-bond donors (Lipinski definition) is 1. The van der Waals surface area contributed by atoms with Crippen LogP contribution in [0.3, 0.4) is 0 Å². The molecule has 0 aromatic carbocycles. The van der Waals surface area contributed by atoms with Gasteiger partial charge in [-0.1, -0.05) is 34.6 Å². The molecule has 2 fully saturated rings. The van der Waals surface area contributed by atoms with E-state index in [4.69, 9.17) is 0 Å². The summed E-state index contributed by atoms with van der Waals surface area (Å²) in [6.07, 6.45) is 4.36. The van der Waals surface area contributed by atoms with Crippen LogP contribution in [0.4, 0.5) is 0 Å². The van der Waals surface area contributed by atoms with Crippen LogP contribution in [-0.2, 0) is 4.79 Å². The molecule has 0 aromatic heterocycles. The van der Waals surface area contributed by atoms with E-state index in [-0.39, 0.29) is 11.3 Å². The van der Waals surface area contributed by atoms with E-state index in [1.165, 1.54) is 12.8 Å². The van der Waals surface area contributed by atoms with Crippen molar-refractivity contribution in [1.82, 2.24) is 5.32 Å². The summed E-state index contributed by atoms with van der Waals surface area (Å²) in [5.74, 6) is 1.60. The van der Waals surface area contributed by atoms with Crippen LogP contribution in [0.25, 0.3) is 0 Å². The second-order valence-corrected chi connectivity index (χ2v) is 7.61. The lowest BCUT2D eigenvalue weighted by Crippen LogP contribution is -2.40. The highest BCUT2D eigenvalue weighted by Gasteiger charge is 2.56. The number of hydrogen-bond acceptors (Lipinski definition) is 1. The Labute approximate surface area is 106 Å². The SMILES string of the molecule is CC(C)CC1NC(=O)CC12CC(C)(C)CC2C. The lowest BCUT2D eigenvalue weighted by Gasteiger charge is -2.36. The molecule has 1 amide bonds. The number of nitrogens with one attached hydrogen (secondary N) is 1. The fourth-order valence-electron chi connectivity index (χ4n) is 4.45. The lowest BCUT2D eigenvalue weighted by atomic mass is 9.69. The van der Waals surface area contributed by atoms with Gasteiger partial charge in [-0.05, 0) is 36.5 Å². The average molecular weight is 237 g/mol. The van der Waals surface area contributed by atoms with E-state index in [0.29, 0.717) is 23.3 Å². The molecule has 3 unspecified atom stereocenters. The summed E-state index contributed by atoms with van der Waals surface area (Å²) >= 11 is 0.